The molecule has 1 aliphatic rings. The summed E-state index contributed by atoms with van der Waals surface area (Å²) in [4.78, 5) is 13.8. The summed E-state index contributed by atoms with van der Waals surface area (Å²) >= 11 is 1.84. The molecule has 1 unspecified atom stereocenters. The van der Waals surface area contributed by atoms with Gasteiger partial charge in [0.1, 0.15) is 0 Å². The van der Waals surface area contributed by atoms with Crippen LogP contribution in [0.25, 0.3) is 0 Å². The van der Waals surface area contributed by atoms with E-state index in [1.807, 2.05) is 23.6 Å². The number of amides is 1. The maximum atomic E-state index is 12.0. The van der Waals surface area contributed by atoms with Crippen molar-refractivity contribution in [1.82, 2.24) is 10.2 Å². The molecule has 0 spiro atoms. The minimum absolute atomic E-state index is 0.0695. The molecule has 94 valence electrons. The zero-order valence-electron chi connectivity index (χ0n) is 10.2. The maximum Gasteiger partial charge on any atom is 0.239 e. The smallest absolute Gasteiger partial charge is 0.239 e. The van der Waals surface area contributed by atoms with Crippen molar-refractivity contribution in [1.29, 1.82) is 0 Å². The number of nitrogens with one attached hydrogen (secondary N) is 1. The second-order valence-corrected chi connectivity index (χ2v) is 4.95. The second kappa shape index (κ2) is 7.92. The Morgan fingerprint density at radius 1 is 1.50 bits per heavy atom. The summed E-state index contributed by atoms with van der Waals surface area (Å²) < 4.78 is 5.23. The van der Waals surface area contributed by atoms with E-state index in [2.05, 4.69) is 11.6 Å². The lowest BCUT2D eigenvalue weighted by Crippen LogP contribution is -2.49. The molecule has 16 heavy (non-hydrogen) atoms. The van der Waals surface area contributed by atoms with Gasteiger partial charge in [-0.05, 0) is 31.9 Å². The van der Waals surface area contributed by atoms with Crippen LogP contribution in [0.4, 0.5) is 0 Å². The molecule has 5 heteroatoms. The Kier molecular flexibility index (Phi) is 6.84. The average Bonchev–Trinajstić information content (AvgIpc) is 2.34. The van der Waals surface area contributed by atoms with Crippen molar-refractivity contribution in [3.8, 4) is 0 Å². The van der Waals surface area contributed by atoms with Crippen molar-refractivity contribution in [2.75, 3.05) is 44.9 Å². The van der Waals surface area contributed by atoms with E-state index >= 15 is 0 Å². The third-order valence-corrected chi connectivity index (χ3v) is 3.37. The lowest BCUT2D eigenvalue weighted by Gasteiger charge is -2.29. The molecule has 0 aromatic carbocycles. The number of thioether (sulfide) groups is 1. The van der Waals surface area contributed by atoms with Gasteiger partial charge in [-0.3, -0.25) is 4.79 Å². The van der Waals surface area contributed by atoms with E-state index in [0.717, 1.165) is 31.8 Å². The topological polar surface area (TPSA) is 41.6 Å². The summed E-state index contributed by atoms with van der Waals surface area (Å²) in [6.45, 7) is 5.66. The molecule has 1 saturated heterocycles. The van der Waals surface area contributed by atoms with Gasteiger partial charge in [0, 0.05) is 13.1 Å². The normalized spacial score (nSPS) is 18.5. The predicted molar refractivity (Wildman–Crippen MR) is 67.9 cm³/mol. The summed E-state index contributed by atoms with van der Waals surface area (Å²) in [5.41, 5.74) is 0. The van der Waals surface area contributed by atoms with Crippen LogP contribution in [0.5, 0.6) is 0 Å². The highest BCUT2D eigenvalue weighted by molar-refractivity contribution is 7.98. The second-order valence-electron chi connectivity index (χ2n) is 3.96. The van der Waals surface area contributed by atoms with E-state index in [1.54, 1.807) is 0 Å². The number of rotatable bonds is 6. The molecular weight excluding hydrogens is 224 g/mol. The Balaban J connectivity index is 2.18. The number of morpholine rings is 1. The van der Waals surface area contributed by atoms with E-state index in [-0.39, 0.29) is 11.9 Å². The van der Waals surface area contributed by atoms with Gasteiger partial charge >= 0.3 is 0 Å². The lowest BCUT2D eigenvalue weighted by atomic mass is 10.2. The van der Waals surface area contributed by atoms with Gasteiger partial charge in [-0.1, -0.05) is 0 Å². The van der Waals surface area contributed by atoms with E-state index in [1.165, 1.54) is 0 Å². The first-order valence-electron chi connectivity index (χ1n) is 5.84. The number of nitrogens with zero attached hydrogens (tertiary/aromatic N) is 1. The van der Waals surface area contributed by atoms with E-state index in [4.69, 9.17) is 4.74 Å². The van der Waals surface area contributed by atoms with Crippen molar-refractivity contribution < 1.29 is 9.53 Å². The van der Waals surface area contributed by atoms with E-state index in [9.17, 15) is 4.79 Å². The third kappa shape index (κ3) is 4.72. The fraction of sp³-hybridized carbons (Fsp3) is 0.909. The molecule has 1 rings (SSSR count). The molecule has 0 aromatic heterocycles. The van der Waals surface area contributed by atoms with Crippen LogP contribution >= 0.6 is 11.8 Å². The van der Waals surface area contributed by atoms with Crippen LogP contribution < -0.4 is 5.32 Å². The quantitative estimate of drug-likeness (QED) is 0.696. The molecule has 1 atom stereocenters. The highest BCUT2D eigenvalue weighted by Gasteiger charge is 2.21. The van der Waals surface area contributed by atoms with Crippen molar-refractivity contribution >= 4 is 17.7 Å². The van der Waals surface area contributed by atoms with Crippen LogP contribution in [-0.4, -0.2) is 61.7 Å². The van der Waals surface area contributed by atoms with Crippen molar-refractivity contribution in [3.63, 3.8) is 0 Å². The SMILES string of the molecule is CSCCCNC(C)C(=O)N1CCOCC1. The van der Waals surface area contributed by atoms with Gasteiger partial charge in [-0.15, -0.1) is 0 Å². The van der Waals surface area contributed by atoms with Gasteiger partial charge in [0.25, 0.3) is 0 Å². The number of carbonyl (C=O) groups excluding carboxylic acids is 1. The first-order chi connectivity index (χ1) is 7.75. The fourth-order valence-corrected chi connectivity index (χ4v) is 2.11. The fourth-order valence-electron chi connectivity index (χ4n) is 1.68. The molecule has 1 aliphatic heterocycles. The highest BCUT2D eigenvalue weighted by Crippen LogP contribution is 2.01. The van der Waals surface area contributed by atoms with Crippen LogP contribution in [0.2, 0.25) is 0 Å². The van der Waals surface area contributed by atoms with Crippen molar-refractivity contribution in [3.05, 3.63) is 0 Å². The van der Waals surface area contributed by atoms with Gasteiger partial charge in [0.2, 0.25) is 5.91 Å². The monoisotopic (exact) mass is 246 g/mol. The molecule has 1 fully saturated rings. The molecule has 1 heterocycles. The Morgan fingerprint density at radius 3 is 2.81 bits per heavy atom. The Morgan fingerprint density at radius 2 is 2.19 bits per heavy atom. The summed E-state index contributed by atoms with van der Waals surface area (Å²) in [6.07, 6.45) is 3.21. The number of hydrogen-bond acceptors (Lipinski definition) is 4. The molecule has 0 aliphatic carbocycles. The molecule has 4 nitrogen and oxygen atoms in total. The summed E-state index contributed by atoms with van der Waals surface area (Å²) in [7, 11) is 0. The standard InChI is InChI=1S/C11H22N2O2S/c1-10(12-4-3-9-16-2)11(14)13-5-7-15-8-6-13/h10,12H,3-9H2,1-2H3. The first-order valence-corrected chi connectivity index (χ1v) is 7.24. The molecule has 0 saturated carbocycles. The summed E-state index contributed by atoms with van der Waals surface area (Å²) in [6, 6.07) is -0.0695. The van der Waals surface area contributed by atoms with Crippen LogP contribution in [0.3, 0.4) is 0 Å². The van der Waals surface area contributed by atoms with E-state index < -0.39 is 0 Å². The maximum absolute atomic E-state index is 12.0. The summed E-state index contributed by atoms with van der Waals surface area (Å²) in [5, 5.41) is 3.27. The van der Waals surface area contributed by atoms with Gasteiger partial charge in [-0.25, -0.2) is 0 Å². The van der Waals surface area contributed by atoms with Gasteiger partial charge in [0.15, 0.2) is 0 Å². The molecule has 1 N–H and O–H groups in total. The Hall–Kier alpha value is -0.260. The number of ether oxygens (including phenoxy) is 1. The molecule has 0 aromatic rings. The minimum Gasteiger partial charge on any atom is -0.378 e. The largest absolute Gasteiger partial charge is 0.378 e. The average molecular weight is 246 g/mol. The van der Waals surface area contributed by atoms with Crippen molar-refractivity contribution in [2.45, 2.75) is 19.4 Å². The van der Waals surface area contributed by atoms with Gasteiger partial charge in [0.05, 0.1) is 19.3 Å². The molecular formula is C11H22N2O2S. The van der Waals surface area contributed by atoms with Crippen LogP contribution in [0.15, 0.2) is 0 Å². The van der Waals surface area contributed by atoms with Crippen molar-refractivity contribution in [2.24, 2.45) is 0 Å². The predicted octanol–water partition coefficient (Wildman–Crippen LogP) is 0.576. The van der Waals surface area contributed by atoms with Gasteiger partial charge < -0.3 is 15.0 Å². The Labute approximate surface area is 102 Å². The zero-order valence-corrected chi connectivity index (χ0v) is 11.0. The Bertz CT molecular complexity index is 208. The minimum atomic E-state index is -0.0695. The van der Waals surface area contributed by atoms with Crippen LogP contribution in [0.1, 0.15) is 13.3 Å². The van der Waals surface area contributed by atoms with Gasteiger partial charge in [-0.2, -0.15) is 11.8 Å². The molecule has 0 radical (unpaired) electrons. The van der Waals surface area contributed by atoms with Crippen LogP contribution in [-0.2, 0) is 9.53 Å². The molecule has 0 bridgehead atoms. The third-order valence-electron chi connectivity index (χ3n) is 2.67. The van der Waals surface area contributed by atoms with E-state index in [0.29, 0.717) is 13.2 Å². The zero-order chi connectivity index (χ0) is 11.8. The first kappa shape index (κ1) is 13.8. The highest BCUT2D eigenvalue weighted by atomic mass is 32.2. The van der Waals surface area contributed by atoms with Crippen LogP contribution in [0, 0.1) is 0 Å². The lowest BCUT2D eigenvalue weighted by molar-refractivity contribution is -0.137. The number of hydrogen-bond donors (Lipinski definition) is 1. The molecule has 1 amide bonds. The number of carbonyl (C=O) groups is 1. The summed E-state index contributed by atoms with van der Waals surface area (Å²) in [5.74, 6) is 1.35.